The molecule has 612 valence electrons. The summed E-state index contributed by atoms with van der Waals surface area (Å²) >= 11 is 0. The van der Waals surface area contributed by atoms with Crippen molar-refractivity contribution in [2.45, 2.75) is 135 Å². The molecule has 4 amide bonds. The number of halogens is 1. The van der Waals surface area contributed by atoms with E-state index in [1.54, 1.807) is 137 Å². The molecule has 20 rings (SSSR count). The lowest BCUT2D eigenvalue weighted by Crippen LogP contribution is -2.47. The third-order valence-electron chi connectivity index (χ3n) is 23.8. The van der Waals surface area contributed by atoms with Gasteiger partial charge < -0.3 is 48.0 Å². The number of hydrogen-bond donors (Lipinski definition) is 0. The predicted octanol–water partition coefficient (Wildman–Crippen LogP) is 12.8. The van der Waals surface area contributed by atoms with Crippen molar-refractivity contribution in [2.24, 2.45) is 23.7 Å². The van der Waals surface area contributed by atoms with Crippen molar-refractivity contribution < 1.29 is 52.0 Å². The van der Waals surface area contributed by atoms with Crippen LogP contribution in [0.4, 0.5) is 4.39 Å². The topological polar surface area (TPSA) is 301 Å². The SMILES string of the molecule is COc1ccc(C(=O)N2CC3CC(Oc4ccc(C)cn4)C2C3)c(-c2ncccn2)c1.COc1ccc(C(=O)N2CC3CC(Oc4ccc(C)cn4)C2C3)c(-n2nccn2)c1.Cc1ccc(OC2CC3CC2N(C(=O)c2cc(C)ccc2-n2nccn2)C3)nc1.Cc1ccc(OC2CC3CC2N(C(=O)c2cccc(F)c2-c2ncccn2)C3)nc1. The van der Waals surface area contributed by atoms with E-state index in [-0.39, 0.29) is 89.2 Å². The molecular formula is C91H91FN18O10. The first-order valence-corrected chi connectivity index (χ1v) is 40.6. The molecule has 4 saturated heterocycles. The maximum atomic E-state index is 14.7. The van der Waals surface area contributed by atoms with Crippen LogP contribution in [-0.2, 0) is 0 Å². The molecule has 12 aromatic rings. The Bertz CT molecular complexity index is 5630. The summed E-state index contributed by atoms with van der Waals surface area (Å²) in [6, 6.07) is 40.0. The van der Waals surface area contributed by atoms with Crippen LogP contribution in [0.3, 0.4) is 0 Å². The number of fused-ring (bicyclic) bond motifs is 8. The molecule has 8 aliphatic rings. The zero-order valence-corrected chi connectivity index (χ0v) is 67.6. The molecule has 28 nitrogen and oxygen atoms in total. The minimum atomic E-state index is -0.506. The number of carbonyl (C=O) groups excluding carboxylic acids is 4. The molecule has 0 N–H and O–H groups in total. The Morgan fingerprint density at radius 3 is 1.11 bits per heavy atom. The van der Waals surface area contributed by atoms with Gasteiger partial charge in [0.1, 0.15) is 47.4 Å². The molecule has 8 fully saturated rings. The van der Waals surface area contributed by atoms with Gasteiger partial charge in [0, 0.05) is 112 Å². The molecule has 29 heteroatoms. The molecule has 4 saturated carbocycles. The van der Waals surface area contributed by atoms with Gasteiger partial charge >= 0.3 is 0 Å². The van der Waals surface area contributed by atoms with E-state index < -0.39 is 5.82 Å². The number of aromatic nitrogens is 14. The number of benzene rings is 4. The summed E-state index contributed by atoms with van der Waals surface area (Å²) in [4.78, 5) is 99.2. The Morgan fingerprint density at radius 2 is 0.708 bits per heavy atom. The average molecular weight is 1620 g/mol. The molecule has 0 radical (unpaired) electrons. The molecule has 12 unspecified atom stereocenters. The van der Waals surface area contributed by atoms with E-state index in [1.165, 1.54) is 15.7 Å². The predicted molar refractivity (Wildman–Crippen MR) is 439 cm³/mol. The molecule has 120 heavy (non-hydrogen) atoms. The van der Waals surface area contributed by atoms with Crippen molar-refractivity contribution in [1.82, 2.24) is 89.5 Å². The Labute approximate surface area is 693 Å². The molecule has 8 bridgehead atoms. The number of pyridine rings is 4. The van der Waals surface area contributed by atoms with Crippen LogP contribution in [0.25, 0.3) is 34.2 Å². The number of methoxy groups -OCH3 is 2. The van der Waals surface area contributed by atoms with E-state index in [4.69, 9.17) is 28.4 Å². The third kappa shape index (κ3) is 16.9. The lowest BCUT2D eigenvalue weighted by atomic mass is 10.0. The largest absolute Gasteiger partial charge is 0.497 e. The summed E-state index contributed by atoms with van der Waals surface area (Å²) in [5.41, 5.74) is 9.52. The zero-order valence-electron chi connectivity index (χ0n) is 67.6. The van der Waals surface area contributed by atoms with E-state index in [2.05, 4.69) is 60.3 Å². The van der Waals surface area contributed by atoms with Crippen LogP contribution in [0, 0.1) is 64.1 Å². The number of carbonyl (C=O) groups is 4. The molecule has 12 atom stereocenters. The minimum absolute atomic E-state index is 0.0127. The highest BCUT2D eigenvalue weighted by Crippen LogP contribution is 2.46. The summed E-state index contributed by atoms with van der Waals surface area (Å²) in [6.45, 7) is 12.9. The molecule has 0 spiro atoms. The van der Waals surface area contributed by atoms with Gasteiger partial charge in [-0.2, -0.15) is 30.0 Å². The van der Waals surface area contributed by atoms with Crippen LogP contribution < -0.4 is 28.4 Å². The fourth-order valence-corrected chi connectivity index (χ4v) is 18.1. The fraction of sp³-hybridized carbons (Fsp3) is 0.341. The molecule has 12 heterocycles. The lowest BCUT2D eigenvalue weighted by Gasteiger charge is -2.33. The van der Waals surface area contributed by atoms with Crippen molar-refractivity contribution >= 4 is 23.6 Å². The molecule has 8 aromatic heterocycles. The van der Waals surface area contributed by atoms with E-state index in [9.17, 15) is 23.6 Å². The molecule has 4 aliphatic carbocycles. The highest BCUT2D eigenvalue weighted by molar-refractivity contribution is 6.02. The van der Waals surface area contributed by atoms with Crippen molar-refractivity contribution in [2.75, 3.05) is 40.4 Å². The van der Waals surface area contributed by atoms with Gasteiger partial charge in [0.15, 0.2) is 11.6 Å². The van der Waals surface area contributed by atoms with E-state index in [0.717, 1.165) is 98.8 Å². The number of hydrogen-bond acceptors (Lipinski definition) is 22. The maximum Gasteiger partial charge on any atom is 0.256 e. The quantitative estimate of drug-likeness (QED) is 0.0770. The first-order chi connectivity index (χ1) is 58.4. The summed E-state index contributed by atoms with van der Waals surface area (Å²) in [7, 11) is 3.20. The highest BCUT2D eigenvalue weighted by atomic mass is 19.1. The van der Waals surface area contributed by atoms with Gasteiger partial charge in [-0.05, 0) is 199 Å². The summed E-state index contributed by atoms with van der Waals surface area (Å²) in [5.74, 6) is 5.38. The van der Waals surface area contributed by atoms with Gasteiger partial charge in [0.05, 0.1) is 96.7 Å². The van der Waals surface area contributed by atoms with Crippen molar-refractivity contribution in [3.05, 3.63) is 264 Å². The van der Waals surface area contributed by atoms with E-state index >= 15 is 0 Å². The number of rotatable bonds is 18. The van der Waals surface area contributed by atoms with Gasteiger partial charge in [0.2, 0.25) is 23.5 Å². The first kappa shape index (κ1) is 79.0. The number of likely N-dealkylation sites (tertiary alicyclic amines) is 4. The van der Waals surface area contributed by atoms with Crippen LogP contribution in [0.15, 0.2) is 208 Å². The van der Waals surface area contributed by atoms with Crippen LogP contribution in [-0.4, -0.2) is 202 Å². The van der Waals surface area contributed by atoms with Gasteiger partial charge in [-0.25, -0.2) is 44.3 Å². The van der Waals surface area contributed by atoms with Crippen LogP contribution in [0.1, 0.15) is 121 Å². The second-order valence-electron chi connectivity index (χ2n) is 32.0. The highest BCUT2D eigenvalue weighted by Gasteiger charge is 2.53. The third-order valence-corrected chi connectivity index (χ3v) is 23.8. The van der Waals surface area contributed by atoms with Crippen LogP contribution >= 0.6 is 0 Å². The normalized spacial score (nSPS) is 22.3. The van der Waals surface area contributed by atoms with Gasteiger partial charge in [-0.3, -0.25) is 19.2 Å². The van der Waals surface area contributed by atoms with Gasteiger partial charge in [-0.1, -0.05) is 42.0 Å². The van der Waals surface area contributed by atoms with Crippen LogP contribution in [0.2, 0.25) is 0 Å². The van der Waals surface area contributed by atoms with Crippen LogP contribution in [0.5, 0.6) is 35.0 Å². The number of ether oxygens (including phenoxy) is 6. The monoisotopic (exact) mass is 1610 g/mol. The Kier molecular flexibility index (Phi) is 22.8. The van der Waals surface area contributed by atoms with E-state index in [0.29, 0.717) is 105 Å². The summed E-state index contributed by atoms with van der Waals surface area (Å²) in [6.07, 6.45) is 27.3. The Hall–Kier alpha value is -13.5. The van der Waals surface area contributed by atoms with Crippen molar-refractivity contribution in [3.63, 3.8) is 0 Å². The summed E-state index contributed by atoms with van der Waals surface area (Å²) < 4.78 is 50.0. The lowest BCUT2D eigenvalue weighted by molar-refractivity contribution is 0.0463. The summed E-state index contributed by atoms with van der Waals surface area (Å²) in [5, 5.41) is 16.8. The Morgan fingerprint density at radius 1 is 0.342 bits per heavy atom. The van der Waals surface area contributed by atoms with E-state index in [1.807, 2.05) is 133 Å². The van der Waals surface area contributed by atoms with Crippen molar-refractivity contribution in [1.29, 1.82) is 0 Å². The molecule has 4 aliphatic heterocycles. The number of piperidine rings is 4. The van der Waals surface area contributed by atoms with Gasteiger partial charge in [0.25, 0.3) is 23.6 Å². The smallest absolute Gasteiger partial charge is 0.256 e. The maximum absolute atomic E-state index is 14.7. The zero-order chi connectivity index (χ0) is 82.7. The van der Waals surface area contributed by atoms with Gasteiger partial charge in [-0.15, -0.1) is 0 Å². The second-order valence-corrected chi connectivity index (χ2v) is 32.0. The Balaban J connectivity index is 0.000000114. The fourth-order valence-electron chi connectivity index (χ4n) is 18.1. The first-order valence-electron chi connectivity index (χ1n) is 40.6. The minimum Gasteiger partial charge on any atom is -0.497 e. The second kappa shape index (κ2) is 34.6. The molecule has 4 aromatic carbocycles. The standard InChI is InChI=1S/C24H24N4O3.C23H21FN4O2.C22H23N5O3.C22H23N5O2/c1-15-4-7-22(27-13-15)31-21-11-16-10-20(21)28(14-16)24(29)18-6-5-17(30-2)12-19(18)23-25-8-3-9-26-23;1-14-6-7-20(27-12-14)30-19-11-15-10-18(19)28(13-15)23(29)16-4-2-5-17(24)21(16)22-25-8-3-9-26-22;1-14-3-6-21(23-12-14)30-20-10-15-9-19(20)26(13-15)22(28)17-5-4-16(29-2)11-18(17)27-24-7-8-25-27;1-14-3-5-18(27-24-7-8-25-27)17(9-14)22(28)26-13-16-10-19(26)20(11-16)29-21-6-4-15(2)12-23-21/h3-9,12-13,16,20-21H,10-11,14H2,1-2H3;2-9,12,15,18-19H,10-11,13H2,1H3;3-8,11-12,15,19-20H,9-10,13H2,1-2H3;3-9,12,16,19-20H,10-11,13H2,1-2H3. The average Bonchev–Trinajstić information content (AvgIpc) is 1.58. The van der Waals surface area contributed by atoms with Crippen molar-refractivity contribution in [3.8, 4) is 69.2 Å². The molecular weight excluding hydrogens is 1520 g/mol. The number of amides is 4. The number of aryl methyl sites for hydroxylation is 5. The number of nitrogens with zero attached hydrogens (tertiary/aromatic N) is 18.